The molecule has 126 valence electrons. The predicted octanol–water partition coefficient (Wildman–Crippen LogP) is 3.02. The summed E-state index contributed by atoms with van der Waals surface area (Å²) in [6.07, 6.45) is 11.4. The second kappa shape index (κ2) is 5.28. The van der Waals surface area contributed by atoms with Gasteiger partial charge in [-0.15, -0.1) is 5.10 Å². The van der Waals surface area contributed by atoms with Gasteiger partial charge in [-0.3, -0.25) is 0 Å². The van der Waals surface area contributed by atoms with E-state index in [1.54, 1.807) is 6.33 Å². The van der Waals surface area contributed by atoms with Gasteiger partial charge in [0.25, 0.3) is 0 Å². The second-order valence-electron chi connectivity index (χ2n) is 7.91. The first-order valence-electron chi connectivity index (χ1n) is 9.14. The largest absolute Gasteiger partial charge is 0.346 e. The van der Waals surface area contributed by atoms with Gasteiger partial charge in [0.2, 0.25) is 0 Å². The van der Waals surface area contributed by atoms with Crippen molar-refractivity contribution in [1.82, 2.24) is 30.1 Å². The minimum absolute atomic E-state index is 0.452. The molecule has 0 aliphatic heterocycles. The van der Waals surface area contributed by atoms with Crippen molar-refractivity contribution < 1.29 is 0 Å². The predicted molar refractivity (Wildman–Crippen MR) is 93.0 cm³/mol. The minimum Gasteiger partial charge on any atom is -0.346 e. The summed E-state index contributed by atoms with van der Waals surface area (Å²) >= 11 is 0. The van der Waals surface area contributed by atoms with Crippen molar-refractivity contribution in [3.05, 3.63) is 24.3 Å². The third-order valence-electron chi connectivity index (χ3n) is 6.05. The van der Waals surface area contributed by atoms with Crippen LogP contribution < -0.4 is 5.32 Å². The molecule has 0 saturated heterocycles. The van der Waals surface area contributed by atoms with Crippen LogP contribution >= 0.6 is 0 Å². The molecular weight excluding hydrogens is 300 g/mol. The highest BCUT2D eigenvalue weighted by atomic mass is 15.4. The summed E-state index contributed by atoms with van der Waals surface area (Å²) in [5.41, 5.74) is 3.66. The Morgan fingerprint density at radius 2 is 2.12 bits per heavy atom. The third-order valence-corrected chi connectivity index (χ3v) is 6.05. The maximum absolute atomic E-state index is 4.51. The van der Waals surface area contributed by atoms with Crippen LogP contribution in [0, 0.1) is 5.92 Å². The van der Waals surface area contributed by atoms with E-state index in [0.29, 0.717) is 11.5 Å². The molecule has 0 amide bonds. The first kappa shape index (κ1) is 14.4. The molecule has 2 saturated carbocycles. The molecule has 24 heavy (non-hydrogen) atoms. The van der Waals surface area contributed by atoms with Gasteiger partial charge in [0.15, 0.2) is 0 Å². The van der Waals surface area contributed by atoms with Gasteiger partial charge >= 0.3 is 0 Å². The summed E-state index contributed by atoms with van der Waals surface area (Å²) in [4.78, 5) is 7.58. The summed E-state index contributed by atoms with van der Waals surface area (Å²) < 4.78 is 1.83. The van der Waals surface area contributed by atoms with E-state index < -0.39 is 0 Å². The quantitative estimate of drug-likeness (QED) is 0.774. The summed E-state index contributed by atoms with van der Waals surface area (Å²) in [6, 6.07) is 2.08. The molecule has 0 unspecified atom stereocenters. The van der Waals surface area contributed by atoms with Gasteiger partial charge in [-0.1, -0.05) is 5.21 Å². The summed E-state index contributed by atoms with van der Waals surface area (Å²) in [5, 5.41) is 13.7. The Labute approximate surface area is 141 Å². The average Bonchev–Trinajstić information content (AvgIpc) is 3.03. The van der Waals surface area contributed by atoms with Crippen LogP contribution in [0.2, 0.25) is 0 Å². The highest BCUT2D eigenvalue weighted by molar-refractivity contribution is 5.92. The Morgan fingerprint density at radius 1 is 1.29 bits per heavy atom. The molecule has 2 aliphatic rings. The van der Waals surface area contributed by atoms with E-state index in [0.717, 1.165) is 28.2 Å². The van der Waals surface area contributed by atoms with Crippen molar-refractivity contribution in [1.29, 1.82) is 0 Å². The lowest BCUT2D eigenvalue weighted by molar-refractivity contribution is 0.300. The molecule has 0 aromatic carbocycles. The Kier molecular flexibility index (Phi) is 3.16. The van der Waals surface area contributed by atoms with Crippen LogP contribution in [0.3, 0.4) is 0 Å². The number of hydrogen-bond donors (Lipinski definition) is 2. The van der Waals surface area contributed by atoms with Crippen LogP contribution in [0.25, 0.3) is 16.6 Å². The number of nitrogens with zero attached hydrogens (tertiary/aromatic N) is 4. The lowest BCUT2D eigenvalue weighted by atomic mass is 9.80. The van der Waals surface area contributed by atoms with Gasteiger partial charge < -0.3 is 10.3 Å². The van der Waals surface area contributed by atoms with Crippen LogP contribution in [0.1, 0.15) is 57.1 Å². The molecule has 5 rings (SSSR count). The Bertz CT molecular complexity index is 866. The Balaban J connectivity index is 1.34. The van der Waals surface area contributed by atoms with Gasteiger partial charge in [0.05, 0.1) is 5.69 Å². The van der Waals surface area contributed by atoms with Crippen molar-refractivity contribution in [2.45, 2.75) is 56.9 Å². The van der Waals surface area contributed by atoms with Gasteiger partial charge in [0, 0.05) is 23.0 Å². The first-order valence-corrected chi connectivity index (χ1v) is 9.14. The molecule has 6 heteroatoms. The van der Waals surface area contributed by atoms with E-state index in [-0.39, 0.29) is 0 Å². The van der Waals surface area contributed by atoms with Crippen molar-refractivity contribution >= 4 is 16.6 Å². The monoisotopic (exact) mass is 324 g/mol. The molecule has 3 aromatic heterocycles. The number of nitrogens with one attached hydrogen (secondary N) is 2. The van der Waals surface area contributed by atoms with E-state index in [1.807, 2.05) is 10.7 Å². The van der Waals surface area contributed by atoms with Crippen LogP contribution in [0.15, 0.2) is 18.6 Å². The van der Waals surface area contributed by atoms with Gasteiger partial charge in [-0.2, -0.15) is 0 Å². The van der Waals surface area contributed by atoms with Crippen LogP contribution in [-0.4, -0.2) is 36.9 Å². The standard InChI is InChI=1S/C18H24N6/c1-18(7-8-18)21-10-12-2-4-13(5-3-12)15-16-14-6-9-19-17(14)20-11-24(16)23-22-15/h6,9,11-13,19,21H,2-5,7-8,10H2,1H3. The number of rotatable bonds is 4. The van der Waals surface area contributed by atoms with Crippen LogP contribution in [0.5, 0.6) is 0 Å². The molecular formula is C18H24N6. The summed E-state index contributed by atoms with van der Waals surface area (Å²) in [7, 11) is 0. The van der Waals surface area contributed by atoms with Crippen molar-refractivity contribution in [3.8, 4) is 0 Å². The van der Waals surface area contributed by atoms with Gasteiger partial charge in [0.1, 0.15) is 17.5 Å². The van der Waals surface area contributed by atoms with Crippen molar-refractivity contribution in [3.63, 3.8) is 0 Å². The molecule has 2 fully saturated rings. The SMILES string of the molecule is CC1(NCC2CCC(c3nnn4cnc5[nH]ccc5c34)CC2)CC1. The Morgan fingerprint density at radius 3 is 2.92 bits per heavy atom. The first-order chi connectivity index (χ1) is 11.7. The van der Waals surface area contributed by atoms with E-state index in [9.17, 15) is 0 Å². The van der Waals surface area contributed by atoms with Crippen LogP contribution in [-0.2, 0) is 0 Å². The van der Waals surface area contributed by atoms with Crippen LogP contribution in [0.4, 0.5) is 0 Å². The average molecular weight is 324 g/mol. The number of H-pyrrole nitrogens is 1. The molecule has 0 atom stereocenters. The fraction of sp³-hybridized carbons (Fsp3) is 0.611. The molecule has 2 aliphatic carbocycles. The maximum Gasteiger partial charge on any atom is 0.141 e. The van der Waals surface area contributed by atoms with E-state index in [1.165, 1.54) is 45.1 Å². The van der Waals surface area contributed by atoms with E-state index in [2.05, 4.69) is 38.6 Å². The summed E-state index contributed by atoms with van der Waals surface area (Å²) in [5.74, 6) is 1.34. The van der Waals surface area contributed by atoms with Gasteiger partial charge in [-0.25, -0.2) is 9.50 Å². The lowest BCUT2D eigenvalue weighted by Crippen LogP contribution is -2.34. The summed E-state index contributed by atoms with van der Waals surface area (Å²) in [6.45, 7) is 3.52. The normalized spacial score (nSPS) is 26.2. The minimum atomic E-state index is 0.452. The van der Waals surface area contributed by atoms with Gasteiger partial charge in [-0.05, 0) is 64.0 Å². The topological polar surface area (TPSA) is 70.9 Å². The van der Waals surface area contributed by atoms with Crippen molar-refractivity contribution in [2.75, 3.05) is 6.54 Å². The zero-order valence-electron chi connectivity index (χ0n) is 14.1. The highest BCUT2D eigenvalue weighted by Crippen LogP contribution is 2.39. The smallest absolute Gasteiger partial charge is 0.141 e. The fourth-order valence-electron chi connectivity index (χ4n) is 4.09. The molecule has 6 nitrogen and oxygen atoms in total. The van der Waals surface area contributed by atoms with E-state index >= 15 is 0 Å². The second-order valence-corrected chi connectivity index (χ2v) is 7.91. The number of aromatic nitrogens is 5. The molecule has 0 radical (unpaired) electrons. The molecule has 0 bridgehead atoms. The maximum atomic E-state index is 4.51. The Hall–Kier alpha value is -1.95. The number of fused-ring (bicyclic) bond motifs is 3. The number of aromatic amines is 1. The molecule has 3 aromatic rings. The lowest BCUT2D eigenvalue weighted by Gasteiger charge is -2.28. The molecule has 0 spiro atoms. The highest BCUT2D eigenvalue weighted by Gasteiger charge is 2.37. The number of hydrogen-bond acceptors (Lipinski definition) is 4. The van der Waals surface area contributed by atoms with Crippen molar-refractivity contribution in [2.24, 2.45) is 5.92 Å². The molecule has 3 heterocycles. The zero-order valence-corrected chi connectivity index (χ0v) is 14.1. The zero-order chi connectivity index (χ0) is 16.1. The fourth-order valence-corrected chi connectivity index (χ4v) is 4.09. The molecule has 2 N–H and O–H groups in total. The van der Waals surface area contributed by atoms with E-state index in [4.69, 9.17) is 0 Å². The third kappa shape index (κ3) is 2.40.